The highest BCUT2D eigenvalue weighted by Gasteiger charge is 2.18. The van der Waals surface area contributed by atoms with Crippen molar-refractivity contribution in [3.8, 4) is 11.5 Å². The summed E-state index contributed by atoms with van der Waals surface area (Å²) in [6.07, 6.45) is 2.07. The van der Waals surface area contributed by atoms with E-state index in [0.717, 1.165) is 29.9 Å². The van der Waals surface area contributed by atoms with E-state index in [1.54, 1.807) is 14.2 Å². The quantitative estimate of drug-likeness (QED) is 0.826. The number of methoxy groups -OCH3 is 2. The molecule has 2 N–H and O–H groups in total. The summed E-state index contributed by atoms with van der Waals surface area (Å²) >= 11 is 0. The molecule has 1 aromatic rings. The molecule has 96 valence electrons. The minimum Gasteiger partial charge on any atom is -0.496 e. The number of nitrogens with two attached hydrogens (primary N) is 1. The second-order valence-corrected chi connectivity index (χ2v) is 4.43. The lowest BCUT2D eigenvalue weighted by Gasteiger charge is -2.21. The van der Waals surface area contributed by atoms with Crippen LogP contribution in [0.15, 0.2) is 18.2 Å². The fraction of sp³-hybridized carbons (Fsp3) is 0.571. The van der Waals surface area contributed by atoms with Gasteiger partial charge in [0.25, 0.3) is 0 Å². The highest BCUT2D eigenvalue weighted by atomic mass is 16.5. The zero-order chi connectivity index (χ0) is 12.8. The van der Waals surface area contributed by atoms with E-state index in [0.29, 0.717) is 5.92 Å². The summed E-state index contributed by atoms with van der Waals surface area (Å²) in [6, 6.07) is 5.72. The van der Waals surface area contributed by atoms with Crippen LogP contribution in [-0.4, -0.2) is 14.2 Å². The molecule has 0 aromatic heterocycles. The predicted molar refractivity (Wildman–Crippen MR) is 70.5 cm³/mol. The minimum absolute atomic E-state index is 0.0453. The highest BCUT2D eigenvalue weighted by molar-refractivity contribution is 5.46. The molecule has 1 aromatic carbocycles. The first-order valence-electron chi connectivity index (χ1n) is 6.10. The van der Waals surface area contributed by atoms with E-state index in [-0.39, 0.29) is 6.04 Å². The van der Waals surface area contributed by atoms with E-state index >= 15 is 0 Å². The van der Waals surface area contributed by atoms with Gasteiger partial charge in [-0.2, -0.15) is 0 Å². The Labute approximate surface area is 104 Å². The summed E-state index contributed by atoms with van der Waals surface area (Å²) < 4.78 is 10.7. The molecule has 0 amide bonds. The normalized spacial score (nSPS) is 14.2. The predicted octanol–water partition coefficient (Wildman–Crippen LogP) is 3.14. The average molecular weight is 237 g/mol. The van der Waals surface area contributed by atoms with Crippen molar-refractivity contribution in [2.24, 2.45) is 11.7 Å². The van der Waals surface area contributed by atoms with Crippen LogP contribution in [0.1, 0.15) is 38.3 Å². The summed E-state index contributed by atoms with van der Waals surface area (Å²) in [5.74, 6) is 2.21. The van der Waals surface area contributed by atoms with Gasteiger partial charge in [0.2, 0.25) is 0 Å². The van der Waals surface area contributed by atoms with E-state index in [2.05, 4.69) is 13.8 Å². The van der Waals surface area contributed by atoms with E-state index in [1.807, 2.05) is 18.2 Å². The standard InChI is InChI=1S/C14H23NO2/c1-5-10(2)9-11(15)14-12(16-3)7-6-8-13(14)17-4/h6-8,10-11H,5,9,15H2,1-4H3. The van der Waals surface area contributed by atoms with E-state index in [9.17, 15) is 0 Å². The molecule has 3 heteroatoms. The molecule has 2 atom stereocenters. The second-order valence-electron chi connectivity index (χ2n) is 4.43. The van der Waals surface area contributed by atoms with Crippen molar-refractivity contribution in [3.63, 3.8) is 0 Å². The Morgan fingerprint density at radius 3 is 2.12 bits per heavy atom. The molecule has 2 unspecified atom stereocenters. The fourth-order valence-electron chi connectivity index (χ4n) is 1.96. The lowest BCUT2D eigenvalue weighted by atomic mass is 9.94. The fourth-order valence-corrected chi connectivity index (χ4v) is 1.96. The van der Waals surface area contributed by atoms with Crippen molar-refractivity contribution >= 4 is 0 Å². The van der Waals surface area contributed by atoms with Gasteiger partial charge < -0.3 is 15.2 Å². The topological polar surface area (TPSA) is 44.5 Å². The van der Waals surface area contributed by atoms with E-state index in [4.69, 9.17) is 15.2 Å². The van der Waals surface area contributed by atoms with Gasteiger partial charge in [0.05, 0.1) is 19.8 Å². The molecule has 0 spiro atoms. The number of benzene rings is 1. The van der Waals surface area contributed by atoms with Crippen LogP contribution in [0.25, 0.3) is 0 Å². The highest BCUT2D eigenvalue weighted by Crippen LogP contribution is 2.35. The monoisotopic (exact) mass is 237 g/mol. The first-order valence-corrected chi connectivity index (χ1v) is 6.10. The van der Waals surface area contributed by atoms with Gasteiger partial charge in [-0.25, -0.2) is 0 Å². The molecule has 0 aliphatic carbocycles. The van der Waals surface area contributed by atoms with Crippen LogP contribution in [0.3, 0.4) is 0 Å². The smallest absolute Gasteiger partial charge is 0.127 e. The van der Waals surface area contributed by atoms with Crippen molar-refractivity contribution < 1.29 is 9.47 Å². The van der Waals surface area contributed by atoms with E-state index < -0.39 is 0 Å². The van der Waals surface area contributed by atoms with Crippen LogP contribution in [-0.2, 0) is 0 Å². The van der Waals surface area contributed by atoms with Gasteiger partial charge in [-0.1, -0.05) is 26.3 Å². The van der Waals surface area contributed by atoms with Crippen molar-refractivity contribution in [2.75, 3.05) is 14.2 Å². The molecular weight excluding hydrogens is 214 g/mol. The first-order chi connectivity index (χ1) is 8.13. The molecule has 0 bridgehead atoms. The van der Waals surface area contributed by atoms with Gasteiger partial charge in [0.1, 0.15) is 11.5 Å². The Balaban J connectivity index is 3.00. The number of ether oxygens (including phenoxy) is 2. The third kappa shape index (κ3) is 3.37. The van der Waals surface area contributed by atoms with Crippen LogP contribution in [0.5, 0.6) is 11.5 Å². The molecule has 0 fully saturated rings. The van der Waals surface area contributed by atoms with Gasteiger partial charge in [-0.05, 0) is 24.5 Å². The van der Waals surface area contributed by atoms with Crippen LogP contribution in [0.2, 0.25) is 0 Å². The Morgan fingerprint density at radius 2 is 1.71 bits per heavy atom. The van der Waals surface area contributed by atoms with Crippen molar-refractivity contribution in [3.05, 3.63) is 23.8 Å². The molecule has 17 heavy (non-hydrogen) atoms. The number of hydrogen-bond donors (Lipinski definition) is 1. The lowest BCUT2D eigenvalue weighted by molar-refractivity contribution is 0.367. The van der Waals surface area contributed by atoms with Gasteiger partial charge in [0.15, 0.2) is 0 Å². The number of rotatable bonds is 6. The van der Waals surface area contributed by atoms with Crippen molar-refractivity contribution in [2.45, 2.75) is 32.7 Å². The molecule has 0 heterocycles. The molecule has 0 saturated heterocycles. The summed E-state index contributed by atoms with van der Waals surface area (Å²) in [5.41, 5.74) is 7.23. The third-order valence-electron chi connectivity index (χ3n) is 3.19. The zero-order valence-electron chi connectivity index (χ0n) is 11.2. The largest absolute Gasteiger partial charge is 0.496 e. The maximum Gasteiger partial charge on any atom is 0.127 e. The molecule has 1 rings (SSSR count). The summed E-state index contributed by atoms with van der Waals surface area (Å²) in [6.45, 7) is 4.39. The average Bonchev–Trinajstić information content (AvgIpc) is 2.37. The van der Waals surface area contributed by atoms with Crippen LogP contribution in [0, 0.1) is 5.92 Å². The molecule has 0 aliphatic heterocycles. The second kappa shape index (κ2) is 6.50. The third-order valence-corrected chi connectivity index (χ3v) is 3.19. The van der Waals surface area contributed by atoms with Crippen LogP contribution >= 0.6 is 0 Å². The van der Waals surface area contributed by atoms with Gasteiger partial charge in [-0.15, -0.1) is 0 Å². The molecule has 0 aliphatic rings. The molecule has 3 nitrogen and oxygen atoms in total. The molecule has 0 radical (unpaired) electrons. The lowest BCUT2D eigenvalue weighted by Crippen LogP contribution is -2.16. The maximum atomic E-state index is 6.26. The van der Waals surface area contributed by atoms with Gasteiger partial charge >= 0.3 is 0 Å². The minimum atomic E-state index is -0.0453. The van der Waals surface area contributed by atoms with E-state index in [1.165, 1.54) is 0 Å². The van der Waals surface area contributed by atoms with Gasteiger partial charge in [-0.3, -0.25) is 0 Å². The Morgan fingerprint density at radius 1 is 1.18 bits per heavy atom. The Hall–Kier alpha value is -1.22. The number of hydrogen-bond acceptors (Lipinski definition) is 3. The van der Waals surface area contributed by atoms with Gasteiger partial charge in [0, 0.05) is 6.04 Å². The molecular formula is C14H23NO2. The first kappa shape index (κ1) is 13.8. The Bertz CT molecular complexity index is 330. The molecule has 0 saturated carbocycles. The van der Waals surface area contributed by atoms with Crippen molar-refractivity contribution in [1.29, 1.82) is 0 Å². The summed E-state index contributed by atoms with van der Waals surface area (Å²) in [7, 11) is 3.32. The van der Waals surface area contributed by atoms with Crippen LogP contribution < -0.4 is 15.2 Å². The van der Waals surface area contributed by atoms with Crippen molar-refractivity contribution in [1.82, 2.24) is 0 Å². The summed E-state index contributed by atoms with van der Waals surface area (Å²) in [5, 5.41) is 0. The zero-order valence-corrected chi connectivity index (χ0v) is 11.2. The SMILES string of the molecule is CCC(C)CC(N)c1c(OC)cccc1OC. The maximum absolute atomic E-state index is 6.26. The Kier molecular flexibility index (Phi) is 5.29. The van der Waals surface area contributed by atoms with Crippen LogP contribution in [0.4, 0.5) is 0 Å². The summed E-state index contributed by atoms with van der Waals surface area (Å²) in [4.78, 5) is 0.